The smallest absolute Gasteiger partial charge is 0.305 e. The Bertz CT molecular complexity index is 305. The molecule has 0 aromatic rings. The highest BCUT2D eigenvalue weighted by Crippen LogP contribution is 2.10. The average molecular weight is 323 g/mol. The Balaban J connectivity index is 3.19. The molecule has 0 unspecified atom stereocenters. The Labute approximate surface area is 144 Å². The number of hydrogen-bond donors (Lipinski definition) is 0. The van der Waals surface area contributed by atoms with Crippen molar-refractivity contribution in [2.24, 2.45) is 0 Å². The summed E-state index contributed by atoms with van der Waals surface area (Å²) in [5.41, 5.74) is 0. The van der Waals surface area contributed by atoms with Crippen LogP contribution in [0.25, 0.3) is 0 Å². The first kappa shape index (κ1) is 21.9. The summed E-state index contributed by atoms with van der Waals surface area (Å²) in [4.78, 5) is 10.9. The van der Waals surface area contributed by atoms with E-state index in [1.165, 1.54) is 77.7 Å². The van der Waals surface area contributed by atoms with Gasteiger partial charge < -0.3 is 4.74 Å². The van der Waals surface area contributed by atoms with Crippen molar-refractivity contribution < 1.29 is 9.53 Å². The second-order valence-corrected chi connectivity index (χ2v) is 6.30. The zero-order valence-electron chi connectivity index (χ0n) is 15.5. The minimum Gasteiger partial charge on any atom is -0.469 e. The van der Waals surface area contributed by atoms with Gasteiger partial charge in [0.1, 0.15) is 0 Å². The van der Waals surface area contributed by atoms with Gasteiger partial charge in [-0.3, -0.25) is 4.79 Å². The summed E-state index contributed by atoms with van der Waals surface area (Å²) in [6.07, 6.45) is 26.0. The van der Waals surface area contributed by atoms with Gasteiger partial charge in [0, 0.05) is 6.42 Å². The maximum atomic E-state index is 10.9. The highest BCUT2D eigenvalue weighted by Gasteiger charge is 1.98. The average Bonchev–Trinajstić information content (AvgIpc) is 2.57. The maximum Gasteiger partial charge on any atom is 0.305 e. The van der Waals surface area contributed by atoms with E-state index in [-0.39, 0.29) is 5.97 Å². The fraction of sp³-hybridized carbons (Fsp3) is 0.762. The van der Waals surface area contributed by atoms with Crippen LogP contribution < -0.4 is 0 Å². The van der Waals surface area contributed by atoms with Gasteiger partial charge in [-0.05, 0) is 32.1 Å². The van der Waals surface area contributed by atoms with Crippen LogP contribution in [-0.2, 0) is 9.53 Å². The summed E-state index contributed by atoms with van der Waals surface area (Å²) in [6, 6.07) is 0. The number of allylic oxidation sites excluding steroid dienone is 4. The molecular weight excluding hydrogens is 284 g/mol. The first-order valence-corrected chi connectivity index (χ1v) is 9.69. The van der Waals surface area contributed by atoms with E-state index in [4.69, 9.17) is 0 Å². The second kappa shape index (κ2) is 19.0. The largest absolute Gasteiger partial charge is 0.469 e. The molecule has 0 rings (SSSR count). The summed E-state index contributed by atoms with van der Waals surface area (Å²) >= 11 is 0. The molecule has 0 saturated carbocycles. The summed E-state index contributed by atoms with van der Waals surface area (Å²) in [5.74, 6) is -0.0770. The van der Waals surface area contributed by atoms with Gasteiger partial charge in [-0.2, -0.15) is 0 Å². The molecule has 0 N–H and O–H groups in total. The minimum absolute atomic E-state index is 0.0770. The van der Waals surface area contributed by atoms with Gasteiger partial charge >= 0.3 is 5.97 Å². The number of rotatable bonds is 16. The zero-order valence-corrected chi connectivity index (χ0v) is 15.5. The molecule has 0 radical (unpaired) electrons. The molecular formula is C21H38O2. The maximum absolute atomic E-state index is 10.9. The predicted molar refractivity (Wildman–Crippen MR) is 101 cm³/mol. The Morgan fingerprint density at radius 2 is 1.22 bits per heavy atom. The molecule has 0 aliphatic heterocycles. The lowest BCUT2D eigenvalue weighted by Crippen LogP contribution is -1.99. The Morgan fingerprint density at radius 3 is 1.74 bits per heavy atom. The molecule has 0 heterocycles. The van der Waals surface area contributed by atoms with Gasteiger partial charge in [-0.15, -0.1) is 0 Å². The van der Waals surface area contributed by atoms with Gasteiger partial charge in [0.05, 0.1) is 7.11 Å². The van der Waals surface area contributed by atoms with Gasteiger partial charge in [0.15, 0.2) is 0 Å². The van der Waals surface area contributed by atoms with E-state index in [9.17, 15) is 4.79 Å². The number of unbranched alkanes of at least 4 members (excludes halogenated alkanes) is 11. The van der Waals surface area contributed by atoms with Gasteiger partial charge in [-0.25, -0.2) is 0 Å². The SMILES string of the molecule is CCCCCC/C=C/C=C/CCCCCCCCCC(=O)OC. The molecule has 0 bridgehead atoms. The number of carbonyl (C=O) groups excluding carboxylic acids is 1. The Kier molecular flexibility index (Phi) is 18.1. The van der Waals surface area contributed by atoms with Crippen LogP contribution in [0.3, 0.4) is 0 Å². The third-order valence-electron chi connectivity index (χ3n) is 4.09. The van der Waals surface area contributed by atoms with Crippen LogP contribution >= 0.6 is 0 Å². The number of hydrogen-bond acceptors (Lipinski definition) is 2. The molecule has 0 fully saturated rings. The van der Waals surface area contributed by atoms with E-state index in [0.717, 1.165) is 12.8 Å². The van der Waals surface area contributed by atoms with Crippen molar-refractivity contribution in [2.45, 2.75) is 96.8 Å². The molecule has 23 heavy (non-hydrogen) atoms. The second-order valence-electron chi connectivity index (χ2n) is 6.30. The molecule has 0 amide bonds. The van der Waals surface area contributed by atoms with Gasteiger partial charge in [0.2, 0.25) is 0 Å². The predicted octanol–water partition coefficient (Wildman–Crippen LogP) is 6.75. The zero-order chi connectivity index (χ0) is 17.0. The monoisotopic (exact) mass is 322 g/mol. The molecule has 0 aromatic carbocycles. The third kappa shape index (κ3) is 18.9. The van der Waals surface area contributed by atoms with Crippen molar-refractivity contribution in [2.75, 3.05) is 7.11 Å². The summed E-state index contributed by atoms with van der Waals surface area (Å²) < 4.78 is 4.63. The van der Waals surface area contributed by atoms with Crippen molar-refractivity contribution in [3.63, 3.8) is 0 Å². The molecule has 0 aliphatic carbocycles. The molecule has 0 atom stereocenters. The summed E-state index contributed by atoms with van der Waals surface area (Å²) in [6.45, 7) is 2.25. The fourth-order valence-corrected chi connectivity index (χ4v) is 2.56. The number of methoxy groups -OCH3 is 1. The highest BCUT2D eigenvalue weighted by atomic mass is 16.5. The molecule has 0 spiro atoms. The minimum atomic E-state index is -0.0770. The standard InChI is InChI=1S/C21H38O2/c1-3-4-5-6-7-8-9-10-11-12-13-14-15-16-17-18-19-20-21(22)23-2/h8-11H,3-7,12-20H2,1-2H3/b9-8+,11-10+. The van der Waals surface area contributed by atoms with Crippen LogP contribution in [-0.4, -0.2) is 13.1 Å². The number of ether oxygens (including phenoxy) is 1. The fourth-order valence-electron chi connectivity index (χ4n) is 2.56. The van der Waals surface area contributed by atoms with E-state index in [0.29, 0.717) is 6.42 Å². The highest BCUT2D eigenvalue weighted by molar-refractivity contribution is 5.68. The van der Waals surface area contributed by atoms with E-state index in [1.807, 2.05) is 0 Å². The van der Waals surface area contributed by atoms with Crippen molar-refractivity contribution in [1.29, 1.82) is 0 Å². The van der Waals surface area contributed by atoms with Crippen LogP contribution in [0.15, 0.2) is 24.3 Å². The lowest BCUT2D eigenvalue weighted by Gasteiger charge is -2.01. The van der Waals surface area contributed by atoms with Crippen molar-refractivity contribution in [3.05, 3.63) is 24.3 Å². The van der Waals surface area contributed by atoms with Gasteiger partial charge in [0.25, 0.3) is 0 Å². The van der Waals surface area contributed by atoms with Gasteiger partial charge in [-0.1, -0.05) is 82.6 Å². The lowest BCUT2D eigenvalue weighted by atomic mass is 10.1. The summed E-state index contributed by atoms with van der Waals surface area (Å²) in [7, 11) is 1.46. The van der Waals surface area contributed by atoms with Crippen molar-refractivity contribution >= 4 is 5.97 Å². The molecule has 0 aliphatic rings. The van der Waals surface area contributed by atoms with Crippen molar-refractivity contribution in [1.82, 2.24) is 0 Å². The third-order valence-corrected chi connectivity index (χ3v) is 4.09. The summed E-state index contributed by atoms with van der Waals surface area (Å²) in [5, 5.41) is 0. The van der Waals surface area contributed by atoms with Crippen LogP contribution in [0.2, 0.25) is 0 Å². The van der Waals surface area contributed by atoms with Crippen molar-refractivity contribution in [3.8, 4) is 0 Å². The van der Waals surface area contributed by atoms with E-state index >= 15 is 0 Å². The van der Waals surface area contributed by atoms with Crippen LogP contribution in [0, 0.1) is 0 Å². The molecule has 0 aromatic heterocycles. The lowest BCUT2D eigenvalue weighted by molar-refractivity contribution is -0.140. The number of esters is 1. The van der Waals surface area contributed by atoms with E-state index in [2.05, 4.69) is 36.0 Å². The normalized spacial score (nSPS) is 11.6. The Morgan fingerprint density at radius 1 is 0.739 bits per heavy atom. The first-order chi connectivity index (χ1) is 11.3. The molecule has 2 heteroatoms. The van der Waals surface area contributed by atoms with Crippen LogP contribution in [0.5, 0.6) is 0 Å². The molecule has 0 saturated heterocycles. The van der Waals surface area contributed by atoms with E-state index in [1.54, 1.807) is 0 Å². The van der Waals surface area contributed by atoms with E-state index < -0.39 is 0 Å². The van der Waals surface area contributed by atoms with Crippen LogP contribution in [0.1, 0.15) is 96.8 Å². The molecule has 134 valence electrons. The number of carbonyl (C=O) groups is 1. The molecule has 2 nitrogen and oxygen atoms in total. The van der Waals surface area contributed by atoms with Crippen LogP contribution in [0.4, 0.5) is 0 Å². The first-order valence-electron chi connectivity index (χ1n) is 9.69. The Hall–Kier alpha value is -1.05. The topological polar surface area (TPSA) is 26.3 Å². The quantitative estimate of drug-likeness (QED) is 0.178.